The van der Waals surface area contributed by atoms with E-state index in [1.807, 2.05) is 0 Å². The molecular weight excluding hydrogens is 364 g/mol. The number of para-hydroxylation sites is 1. The van der Waals surface area contributed by atoms with Gasteiger partial charge in [0.25, 0.3) is 0 Å². The van der Waals surface area contributed by atoms with Crippen molar-refractivity contribution in [2.75, 3.05) is 11.9 Å². The van der Waals surface area contributed by atoms with E-state index in [1.54, 1.807) is 0 Å². The molecule has 1 aromatic rings. The summed E-state index contributed by atoms with van der Waals surface area (Å²) in [6.07, 6.45) is 29.1. The highest BCUT2D eigenvalue weighted by molar-refractivity contribution is 5.51. The fraction of sp³-hybridized carbons (Fsp3) is 0.714. The Kier molecular flexibility index (Phi) is 13.5. The van der Waals surface area contributed by atoms with E-state index in [0.717, 1.165) is 0 Å². The van der Waals surface area contributed by atoms with Crippen LogP contribution in [0.2, 0.25) is 0 Å². The third-order valence-corrected chi connectivity index (χ3v) is 6.62. The number of benzene rings is 1. The molecule has 0 fully saturated rings. The SMILES string of the molecule is CCCCCCCCCCCCCCCCCCC1N(C)C=CN1c1ccccc1. The average Bonchev–Trinajstić information content (AvgIpc) is 3.14. The van der Waals surface area contributed by atoms with Gasteiger partial charge in [0.15, 0.2) is 0 Å². The van der Waals surface area contributed by atoms with Gasteiger partial charge in [-0.3, -0.25) is 0 Å². The zero-order valence-corrected chi connectivity index (χ0v) is 20.0. The van der Waals surface area contributed by atoms with E-state index in [2.05, 4.69) is 66.5 Å². The van der Waals surface area contributed by atoms with Gasteiger partial charge < -0.3 is 9.80 Å². The van der Waals surface area contributed by atoms with Crippen LogP contribution in [0.1, 0.15) is 116 Å². The van der Waals surface area contributed by atoms with Gasteiger partial charge in [-0.05, 0) is 25.0 Å². The standard InChI is InChI=1S/C28H48N2/c1-3-4-5-6-7-8-9-10-11-12-13-14-15-16-17-21-24-28-29(2)25-26-30(28)27-22-19-18-20-23-27/h18-20,22-23,25-26,28H,3-17,21,24H2,1-2H3. The Bertz CT molecular complexity index is 539. The van der Waals surface area contributed by atoms with Crippen LogP contribution in [0.15, 0.2) is 42.7 Å². The Balaban J connectivity index is 1.39. The fourth-order valence-corrected chi connectivity index (χ4v) is 4.65. The fourth-order valence-electron chi connectivity index (χ4n) is 4.65. The van der Waals surface area contributed by atoms with Crippen LogP contribution in [-0.2, 0) is 0 Å². The zero-order chi connectivity index (χ0) is 21.3. The van der Waals surface area contributed by atoms with Gasteiger partial charge in [0.05, 0.1) is 0 Å². The minimum absolute atomic E-state index is 0.485. The van der Waals surface area contributed by atoms with Crippen LogP contribution in [0, 0.1) is 0 Å². The first-order chi connectivity index (χ1) is 14.8. The monoisotopic (exact) mass is 412 g/mol. The second-order valence-corrected chi connectivity index (χ2v) is 9.28. The molecule has 2 rings (SSSR count). The maximum atomic E-state index is 2.42. The molecule has 1 atom stereocenters. The van der Waals surface area contributed by atoms with E-state index < -0.39 is 0 Å². The van der Waals surface area contributed by atoms with Crippen LogP contribution in [0.5, 0.6) is 0 Å². The first-order valence-electron chi connectivity index (χ1n) is 13.1. The van der Waals surface area contributed by atoms with Crippen molar-refractivity contribution in [3.8, 4) is 0 Å². The van der Waals surface area contributed by atoms with Gasteiger partial charge in [0.2, 0.25) is 0 Å². The quantitative estimate of drug-likeness (QED) is 0.222. The Morgan fingerprint density at radius 2 is 1.07 bits per heavy atom. The molecule has 2 nitrogen and oxygen atoms in total. The Morgan fingerprint density at radius 1 is 0.600 bits per heavy atom. The molecule has 0 saturated heterocycles. The van der Waals surface area contributed by atoms with Crippen LogP contribution in [0.3, 0.4) is 0 Å². The van der Waals surface area contributed by atoms with Gasteiger partial charge in [-0.1, -0.05) is 121 Å². The van der Waals surface area contributed by atoms with Crippen molar-refractivity contribution < 1.29 is 0 Å². The smallest absolute Gasteiger partial charge is 0.105 e. The Labute approximate surface area is 187 Å². The Morgan fingerprint density at radius 3 is 1.57 bits per heavy atom. The summed E-state index contributed by atoms with van der Waals surface area (Å²) in [5, 5.41) is 0. The molecule has 0 aliphatic carbocycles. The van der Waals surface area contributed by atoms with Gasteiger partial charge >= 0.3 is 0 Å². The third kappa shape index (κ3) is 10.0. The summed E-state index contributed by atoms with van der Waals surface area (Å²) in [5.41, 5.74) is 1.31. The lowest BCUT2D eigenvalue weighted by atomic mass is 10.0. The molecule has 2 heteroatoms. The van der Waals surface area contributed by atoms with Gasteiger partial charge in [-0.2, -0.15) is 0 Å². The van der Waals surface area contributed by atoms with Crippen molar-refractivity contribution >= 4 is 5.69 Å². The van der Waals surface area contributed by atoms with Crippen molar-refractivity contribution in [1.82, 2.24) is 4.90 Å². The highest BCUT2D eigenvalue weighted by atomic mass is 15.4. The van der Waals surface area contributed by atoms with Gasteiger partial charge in [-0.15, -0.1) is 0 Å². The summed E-state index contributed by atoms with van der Waals surface area (Å²) in [7, 11) is 2.20. The predicted molar refractivity (Wildman–Crippen MR) is 134 cm³/mol. The van der Waals surface area contributed by atoms with Crippen molar-refractivity contribution in [1.29, 1.82) is 0 Å². The number of unbranched alkanes of at least 4 members (excludes halogenated alkanes) is 15. The molecule has 30 heavy (non-hydrogen) atoms. The van der Waals surface area contributed by atoms with Crippen molar-refractivity contribution in [2.45, 2.75) is 122 Å². The first kappa shape index (κ1) is 24.8. The number of hydrogen-bond donors (Lipinski definition) is 0. The van der Waals surface area contributed by atoms with Crippen molar-refractivity contribution in [2.24, 2.45) is 0 Å². The number of nitrogens with zero attached hydrogens (tertiary/aromatic N) is 2. The van der Waals surface area contributed by atoms with E-state index >= 15 is 0 Å². The average molecular weight is 413 g/mol. The summed E-state index contributed by atoms with van der Waals surface area (Å²) < 4.78 is 0. The molecule has 1 aromatic carbocycles. The minimum Gasteiger partial charge on any atom is -0.359 e. The summed E-state index contributed by atoms with van der Waals surface area (Å²) >= 11 is 0. The molecule has 170 valence electrons. The lowest BCUT2D eigenvalue weighted by Crippen LogP contribution is -2.36. The highest BCUT2D eigenvalue weighted by Gasteiger charge is 2.23. The predicted octanol–water partition coefficient (Wildman–Crippen LogP) is 8.89. The van der Waals surface area contributed by atoms with Crippen LogP contribution >= 0.6 is 0 Å². The van der Waals surface area contributed by atoms with E-state index in [0.29, 0.717) is 6.17 Å². The largest absolute Gasteiger partial charge is 0.359 e. The minimum atomic E-state index is 0.485. The molecule has 0 radical (unpaired) electrons. The molecule has 0 amide bonds. The number of rotatable bonds is 18. The molecule has 0 saturated carbocycles. The summed E-state index contributed by atoms with van der Waals surface area (Å²) in [6.45, 7) is 2.30. The van der Waals surface area contributed by atoms with E-state index in [4.69, 9.17) is 0 Å². The molecular formula is C28H48N2. The van der Waals surface area contributed by atoms with E-state index in [1.165, 1.54) is 115 Å². The molecule has 0 aromatic heterocycles. The summed E-state index contributed by atoms with van der Waals surface area (Å²) in [5.74, 6) is 0. The Hall–Kier alpha value is -1.44. The lowest BCUT2D eigenvalue weighted by Gasteiger charge is -2.30. The molecule has 1 heterocycles. The number of anilines is 1. The molecule has 1 aliphatic rings. The second-order valence-electron chi connectivity index (χ2n) is 9.28. The zero-order valence-electron chi connectivity index (χ0n) is 20.0. The van der Waals surface area contributed by atoms with E-state index in [9.17, 15) is 0 Å². The lowest BCUT2D eigenvalue weighted by molar-refractivity contribution is 0.329. The van der Waals surface area contributed by atoms with Gasteiger partial charge in [0, 0.05) is 25.1 Å². The normalized spacial score (nSPS) is 16.0. The first-order valence-corrected chi connectivity index (χ1v) is 13.1. The van der Waals surface area contributed by atoms with E-state index in [-0.39, 0.29) is 0 Å². The number of hydrogen-bond acceptors (Lipinski definition) is 2. The summed E-state index contributed by atoms with van der Waals surface area (Å²) in [6, 6.07) is 10.8. The molecule has 0 spiro atoms. The van der Waals surface area contributed by atoms with Crippen LogP contribution in [0.25, 0.3) is 0 Å². The topological polar surface area (TPSA) is 6.48 Å². The van der Waals surface area contributed by atoms with Crippen molar-refractivity contribution in [3.63, 3.8) is 0 Å². The molecule has 0 bridgehead atoms. The van der Waals surface area contributed by atoms with Crippen LogP contribution in [0.4, 0.5) is 5.69 Å². The maximum Gasteiger partial charge on any atom is 0.105 e. The third-order valence-electron chi connectivity index (χ3n) is 6.62. The van der Waals surface area contributed by atoms with Crippen LogP contribution in [-0.4, -0.2) is 18.1 Å². The van der Waals surface area contributed by atoms with Gasteiger partial charge in [-0.25, -0.2) is 0 Å². The second kappa shape index (κ2) is 16.3. The molecule has 1 aliphatic heterocycles. The maximum absolute atomic E-state index is 2.42. The molecule has 1 unspecified atom stereocenters. The summed E-state index contributed by atoms with van der Waals surface area (Å²) in [4.78, 5) is 4.78. The highest BCUT2D eigenvalue weighted by Crippen LogP contribution is 2.26. The molecule has 0 N–H and O–H groups in total. The van der Waals surface area contributed by atoms with Crippen LogP contribution < -0.4 is 4.90 Å². The van der Waals surface area contributed by atoms with Gasteiger partial charge in [0.1, 0.15) is 6.17 Å². The van der Waals surface area contributed by atoms with Crippen molar-refractivity contribution in [3.05, 3.63) is 42.7 Å².